The molecule has 0 saturated heterocycles. The van der Waals surface area contributed by atoms with Crippen molar-refractivity contribution in [2.24, 2.45) is 0 Å². The van der Waals surface area contributed by atoms with Crippen molar-refractivity contribution in [2.75, 3.05) is 0 Å². The quantitative estimate of drug-likeness (QED) is 0.813. The van der Waals surface area contributed by atoms with Gasteiger partial charge >= 0.3 is 5.97 Å². The highest BCUT2D eigenvalue weighted by Gasteiger charge is 2.34. The van der Waals surface area contributed by atoms with Crippen LogP contribution in [-0.2, 0) is 4.79 Å². The molecule has 1 aromatic rings. The Morgan fingerprint density at radius 3 is 2.39 bits per heavy atom. The van der Waals surface area contributed by atoms with Crippen LogP contribution in [0.2, 0.25) is 0 Å². The normalized spacial score (nSPS) is 13.7. The Bertz CT molecular complexity index is 416. The third-order valence-electron chi connectivity index (χ3n) is 2.93. The minimum atomic E-state index is -1.21. The number of carbonyl (C=O) groups excluding carboxylic acids is 1. The van der Waals surface area contributed by atoms with Crippen LogP contribution in [0.5, 0.6) is 0 Å². The summed E-state index contributed by atoms with van der Waals surface area (Å²) in [5.74, 6) is -1.35. The second kappa shape index (κ2) is 6.19. The maximum Gasteiger partial charge on any atom is 0.329 e. The summed E-state index contributed by atoms with van der Waals surface area (Å²) in [5.41, 5.74) is -0.732. The summed E-state index contributed by atoms with van der Waals surface area (Å²) in [7, 11) is 0. The van der Waals surface area contributed by atoms with E-state index < -0.39 is 11.5 Å². The van der Waals surface area contributed by atoms with E-state index in [1.165, 1.54) is 0 Å². The number of benzene rings is 1. The lowest BCUT2D eigenvalue weighted by Crippen LogP contribution is -2.52. The van der Waals surface area contributed by atoms with Gasteiger partial charge in [-0.3, -0.25) is 4.79 Å². The van der Waals surface area contributed by atoms with Gasteiger partial charge in [0, 0.05) is 5.56 Å². The molecule has 0 aliphatic heterocycles. The third kappa shape index (κ3) is 3.58. The summed E-state index contributed by atoms with van der Waals surface area (Å²) < 4.78 is 0. The van der Waals surface area contributed by atoms with E-state index in [0.717, 1.165) is 12.8 Å². The van der Waals surface area contributed by atoms with Crippen LogP contribution in [0.15, 0.2) is 30.3 Å². The molecule has 1 amide bonds. The van der Waals surface area contributed by atoms with Crippen LogP contribution < -0.4 is 5.32 Å². The van der Waals surface area contributed by atoms with Crippen molar-refractivity contribution in [1.82, 2.24) is 5.32 Å². The van der Waals surface area contributed by atoms with Gasteiger partial charge in [0.1, 0.15) is 5.54 Å². The summed E-state index contributed by atoms with van der Waals surface area (Å²) in [6.07, 6.45) is 2.08. The van der Waals surface area contributed by atoms with Crippen molar-refractivity contribution in [2.45, 2.75) is 38.6 Å². The van der Waals surface area contributed by atoms with Gasteiger partial charge in [-0.15, -0.1) is 0 Å². The smallest absolute Gasteiger partial charge is 0.329 e. The van der Waals surface area contributed by atoms with Gasteiger partial charge in [-0.05, 0) is 25.5 Å². The first-order chi connectivity index (χ1) is 8.49. The topological polar surface area (TPSA) is 66.4 Å². The van der Waals surface area contributed by atoms with Gasteiger partial charge in [0.05, 0.1) is 0 Å². The van der Waals surface area contributed by atoms with Crippen LogP contribution in [0.3, 0.4) is 0 Å². The molecule has 1 rings (SSSR count). The van der Waals surface area contributed by atoms with Crippen LogP contribution in [-0.4, -0.2) is 22.5 Å². The van der Waals surface area contributed by atoms with Crippen molar-refractivity contribution in [3.63, 3.8) is 0 Å². The van der Waals surface area contributed by atoms with E-state index in [1.54, 1.807) is 31.2 Å². The molecule has 0 heterocycles. The number of aliphatic carboxylic acids is 1. The van der Waals surface area contributed by atoms with E-state index in [-0.39, 0.29) is 5.91 Å². The van der Waals surface area contributed by atoms with E-state index in [0.29, 0.717) is 12.0 Å². The monoisotopic (exact) mass is 249 g/mol. The molecule has 1 unspecified atom stereocenters. The molecular formula is C14H19NO3. The summed E-state index contributed by atoms with van der Waals surface area (Å²) in [6.45, 7) is 3.53. The largest absolute Gasteiger partial charge is 0.480 e. The first-order valence-electron chi connectivity index (χ1n) is 6.10. The fourth-order valence-electron chi connectivity index (χ4n) is 1.67. The zero-order chi connectivity index (χ0) is 13.6. The SMILES string of the molecule is CCCCC(C)(NC(=O)c1ccccc1)C(=O)O. The molecule has 1 aromatic carbocycles. The lowest BCUT2D eigenvalue weighted by molar-refractivity contribution is -0.144. The van der Waals surface area contributed by atoms with Gasteiger partial charge in [-0.2, -0.15) is 0 Å². The fraction of sp³-hybridized carbons (Fsp3) is 0.429. The molecule has 0 radical (unpaired) electrons. The second-order valence-electron chi connectivity index (χ2n) is 4.56. The number of carboxylic acids is 1. The molecule has 0 aromatic heterocycles. The maximum atomic E-state index is 12.0. The van der Waals surface area contributed by atoms with Crippen molar-refractivity contribution in [3.05, 3.63) is 35.9 Å². The summed E-state index contributed by atoms with van der Waals surface area (Å²) in [6, 6.07) is 8.64. The Kier molecular flexibility index (Phi) is 4.89. The molecule has 0 bridgehead atoms. The van der Waals surface area contributed by atoms with Crippen LogP contribution in [0.25, 0.3) is 0 Å². The zero-order valence-corrected chi connectivity index (χ0v) is 10.8. The lowest BCUT2D eigenvalue weighted by Gasteiger charge is -2.26. The summed E-state index contributed by atoms with van der Waals surface area (Å²) in [5, 5.41) is 11.8. The van der Waals surface area contributed by atoms with Gasteiger partial charge in [-0.25, -0.2) is 4.79 Å². The molecule has 18 heavy (non-hydrogen) atoms. The van der Waals surface area contributed by atoms with Crippen molar-refractivity contribution in [3.8, 4) is 0 Å². The minimum absolute atomic E-state index is 0.350. The first kappa shape index (κ1) is 14.2. The van der Waals surface area contributed by atoms with Gasteiger partial charge in [-0.1, -0.05) is 38.0 Å². The van der Waals surface area contributed by atoms with E-state index in [1.807, 2.05) is 13.0 Å². The second-order valence-corrected chi connectivity index (χ2v) is 4.56. The average Bonchev–Trinajstić information content (AvgIpc) is 2.37. The molecule has 98 valence electrons. The number of hydrogen-bond acceptors (Lipinski definition) is 2. The van der Waals surface area contributed by atoms with E-state index in [4.69, 9.17) is 0 Å². The molecule has 1 atom stereocenters. The number of carboxylic acid groups (broad SMARTS) is 1. The number of rotatable bonds is 6. The zero-order valence-electron chi connectivity index (χ0n) is 10.8. The first-order valence-corrected chi connectivity index (χ1v) is 6.10. The average molecular weight is 249 g/mol. The third-order valence-corrected chi connectivity index (χ3v) is 2.93. The van der Waals surface area contributed by atoms with Gasteiger partial charge in [0.25, 0.3) is 5.91 Å². The number of nitrogens with one attached hydrogen (secondary N) is 1. The summed E-state index contributed by atoms with van der Waals surface area (Å²) >= 11 is 0. The Balaban J connectivity index is 2.78. The van der Waals surface area contributed by atoms with Gasteiger partial charge in [0.2, 0.25) is 0 Å². The van der Waals surface area contributed by atoms with Crippen LogP contribution in [0, 0.1) is 0 Å². The van der Waals surface area contributed by atoms with Gasteiger partial charge in [0.15, 0.2) is 0 Å². The van der Waals surface area contributed by atoms with Crippen LogP contribution in [0.4, 0.5) is 0 Å². The number of hydrogen-bond donors (Lipinski definition) is 2. The molecule has 0 saturated carbocycles. The number of amides is 1. The highest BCUT2D eigenvalue weighted by Crippen LogP contribution is 2.15. The molecule has 0 spiro atoms. The molecule has 4 nitrogen and oxygen atoms in total. The maximum absolute atomic E-state index is 12.0. The van der Waals surface area contributed by atoms with E-state index in [9.17, 15) is 14.7 Å². The fourth-order valence-corrected chi connectivity index (χ4v) is 1.67. The molecule has 0 aliphatic rings. The highest BCUT2D eigenvalue weighted by atomic mass is 16.4. The number of carbonyl (C=O) groups is 2. The summed E-state index contributed by atoms with van der Waals surface area (Å²) in [4.78, 5) is 23.2. The van der Waals surface area contributed by atoms with Crippen molar-refractivity contribution in [1.29, 1.82) is 0 Å². The predicted molar refractivity (Wildman–Crippen MR) is 69.5 cm³/mol. The molecule has 4 heteroatoms. The van der Waals surface area contributed by atoms with E-state index >= 15 is 0 Å². The Morgan fingerprint density at radius 1 is 1.28 bits per heavy atom. The molecule has 0 aliphatic carbocycles. The predicted octanol–water partition coefficient (Wildman–Crippen LogP) is 2.45. The van der Waals surface area contributed by atoms with Crippen LogP contribution in [0.1, 0.15) is 43.5 Å². The Labute approximate surface area is 107 Å². The van der Waals surface area contributed by atoms with Crippen molar-refractivity contribution >= 4 is 11.9 Å². The Morgan fingerprint density at radius 2 is 1.89 bits per heavy atom. The van der Waals surface area contributed by atoms with Gasteiger partial charge < -0.3 is 10.4 Å². The standard InChI is InChI=1S/C14H19NO3/c1-3-4-10-14(2,13(17)18)15-12(16)11-8-6-5-7-9-11/h5-9H,3-4,10H2,1-2H3,(H,15,16)(H,17,18). The highest BCUT2D eigenvalue weighted by molar-refractivity contribution is 5.97. The molecular weight excluding hydrogens is 230 g/mol. The molecule has 0 fully saturated rings. The van der Waals surface area contributed by atoms with Crippen LogP contribution >= 0.6 is 0 Å². The Hall–Kier alpha value is -1.84. The van der Waals surface area contributed by atoms with E-state index in [2.05, 4.69) is 5.32 Å². The minimum Gasteiger partial charge on any atom is -0.480 e. The lowest BCUT2D eigenvalue weighted by atomic mass is 9.94. The van der Waals surface area contributed by atoms with Crippen molar-refractivity contribution < 1.29 is 14.7 Å². The molecule has 2 N–H and O–H groups in total. The number of unbranched alkanes of at least 4 members (excludes halogenated alkanes) is 1.